The summed E-state index contributed by atoms with van der Waals surface area (Å²) in [7, 11) is 1.93. The highest BCUT2D eigenvalue weighted by Crippen LogP contribution is 2.41. The molecule has 1 aliphatic rings. The standard InChI is InChI=1S/C15H20FNO2/c1-17(11-15(14(18)19)7-3-8-15)9-6-12-4-2-5-13(16)10-12/h2,4-5,10H,3,6-9,11H2,1H3,(H,18,19). The number of carboxylic acids is 1. The molecule has 0 aliphatic heterocycles. The lowest BCUT2D eigenvalue weighted by Gasteiger charge is -2.40. The second-order valence-corrected chi connectivity index (χ2v) is 5.56. The van der Waals surface area contributed by atoms with E-state index >= 15 is 0 Å². The normalized spacial score (nSPS) is 17.2. The number of hydrogen-bond donors (Lipinski definition) is 1. The SMILES string of the molecule is CN(CCc1cccc(F)c1)CC1(C(=O)O)CCC1. The minimum Gasteiger partial charge on any atom is -0.481 e. The molecular weight excluding hydrogens is 245 g/mol. The molecule has 0 amide bonds. The summed E-state index contributed by atoms with van der Waals surface area (Å²) >= 11 is 0. The summed E-state index contributed by atoms with van der Waals surface area (Å²) in [5.41, 5.74) is 0.404. The molecule has 3 nitrogen and oxygen atoms in total. The maximum atomic E-state index is 13.0. The number of rotatable bonds is 6. The van der Waals surface area contributed by atoms with Crippen LogP contribution < -0.4 is 0 Å². The van der Waals surface area contributed by atoms with Gasteiger partial charge in [-0.15, -0.1) is 0 Å². The van der Waals surface area contributed by atoms with Gasteiger partial charge in [-0.25, -0.2) is 4.39 Å². The lowest BCUT2D eigenvalue weighted by Crippen LogP contribution is -2.47. The van der Waals surface area contributed by atoms with Crippen LogP contribution in [0.5, 0.6) is 0 Å². The number of benzene rings is 1. The molecule has 1 saturated carbocycles. The van der Waals surface area contributed by atoms with E-state index in [4.69, 9.17) is 0 Å². The first-order chi connectivity index (χ1) is 9.02. The minimum atomic E-state index is -0.684. The first kappa shape index (κ1) is 14.0. The zero-order valence-corrected chi connectivity index (χ0v) is 11.2. The first-order valence-electron chi connectivity index (χ1n) is 6.68. The summed E-state index contributed by atoms with van der Waals surface area (Å²) in [5, 5.41) is 9.28. The lowest BCUT2D eigenvalue weighted by molar-refractivity contribution is -0.156. The average Bonchev–Trinajstić information content (AvgIpc) is 2.31. The number of hydrogen-bond acceptors (Lipinski definition) is 2. The lowest BCUT2D eigenvalue weighted by atomic mass is 9.68. The van der Waals surface area contributed by atoms with Gasteiger partial charge in [0.1, 0.15) is 5.82 Å². The molecule has 19 heavy (non-hydrogen) atoms. The van der Waals surface area contributed by atoms with Gasteiger partial charge in [-0.2, -0.15) is 0 Å². The van der Waals surface area contributed by atoms with Gasteiger partial charge in [0, 0.05) is 13.1 Å². The molecule has 0 aromatic heterocycles. The van der Waals surface area contributed by atoms with Crippen molar-refractivity contribution in [3.05, 3.63) is 35.6 Å². The van der Waals surface area contributed by atoms with Gasteiger partial charge in [0.25, 0.3) is 0 Å². The predicted octanol–water partition coefficient (Wildman–Crippen LogP) is 2.55. The van der Waals surface area contributed by atoms with E-state index in [2.05, 4.69) is 0 Å². The molecule has 0 heterocycles. The molecule has 1 aromatic rings. The Morgan fingerprint density at radius 2 is 2.21 bits per heavy atom. The van der Waals surface area contributed by atoms with Crippen molar-refractivity contribution in [3.8, 4) is 0 Å². The van der Waals surface area contributed by atoms with Crippen LogP contribution in [0.1, 0.15) is 24.8 Å². The van der Waals surface area contributed by atoms with E-state index in [1.54, 1.807) is 6.07 Å². The molecule has 104 valence electrons. The van der Waals surface area contributed by atoms with Gasteiger partial charge in [-0.1, -0.05) is 18.6 Å². The average molecular weight is 265 g/mol. The summed E-state index contributed by atoms with van der Waals surface area (Å²) in [6.07, 6.45) is 3.28. The molecule has 0 atom stereocenters. The molecular formula is C15H20FNO2. The molecule has 0 bridgehead atoms. The summed E-state index contributed by atoms with van der Waals surface area (Å²) in [5.74, 6) is -0.905. The molecule has 1 fully saturated rings. The van der Waals surface area contributed by atoms with E-state index in [0.29, 0.717) is 6.54 Å². The van der Waals surface area contributed by atoms with Crippen molar-refractivity contribution in [2.75, 3.05) is 20.1 Å². The predicted molar refractivity (Wildman–Crippen MR) is 71.5 cm³/mol. The van der Waals surface area contributed by atoms with E-state index in [9.17, 15) is 14.3 Å². The number of nitrogens with zero attached hydrogens (tertiary/aromatic N) is 1. The van der Waals surface area contributed by atoms with Crippen molar-refractivity contribution in [2.24, 2.45) is 5.41 Å². The van der Waals surface area contributed by atoms with Gasteiger partial charge < -0.3 is 10.0 Å². The second kappa shape index (κ2) is 5.70. The van der Waals surface area contributed by atoms with Crippen LogP contribution >= 0.6 is 0 Å². The zero-order chi connectivity index (χ0) is 13.9. The molecule has 0 saturated heterocycles. The molecule has 2 rings (SSSR count). The van der Waals surface area contributed by atoms with Crippen molar-refractivity contribution in [1.82, 2.24) is 4.90 Å². The largest absolute Gasteiger partial charge is 0.481 e. The summed E-state index contributed by atoms with van der Waals surface area (Å²) in [4.78, 5) is 13.3. The second-order valence-electron chi connectivity index (χ2n) is 5.56. The van der Waals surface area contributed by atoms with E-state index in [1.807, 2.05) is 18.0 Å². The third kappa shape index (κ3) is 3.32. The van der Waals surface area contributed by atoms with Gasteiger partial charge in [0.05, 0.1) is 5.41 Å². The fourth-order valence-electron chi connectivity index (χ4n) is 2.65. The van der Waals surface area contributed by atoms with Crippen LogP contribution in [0.2, 0.25) is 0 Å². The van der Waals surface area contributed by atoms with Crippen LogP contribution in [0.4, 0.5) is 4.39 Å². The van der Waals surface area contributed by atoms with Crippen molar-refractivity contribution in [3.63, 3.8) is 0 Å². The Kier molecular flexibility index (Phi) is 4.20. The Labute approximate surface area is 113 Å². The van der Waals surface area contributed by atoms with Gasteiger partial charge >= 0.3 is 5.97 Å². The van der Waals surface area contributed by atoms with Crippen molar-refractivity contribution in [1.29, 1.82) is 0 Å². The van der Waals surface area contributed by atoms with Gasteiger partial charge in [0.15, 0.2) is 0 Å². The van der Waals surface area contributed by atoms with E-state index in [0.717, 1.165) is 37.8 Å². The summed E-state index contributed by atoms with van der Waals surface area (Å²) in [6, 6.07) is 6.56. The maximum absolute atomic E-state index is 13.0. The fraction of sp³-hybridized carbons (Fsp3) is 0.533. The molecule has 1 aromatic carbocycles. The van der Waals surface area contributed by atoms with Gasteiger partial charge in [-0.3, -0.25) is 4.79 Å². The van der Waals surface area contributed by atoms with Crippen LogP contribution in [0, 0.1) is 11.2 Å². The Bertz CT molecular complexity index is 457. The molecule has 0 spiro atoms. The van der Waals surface area contributed by atoms with E-state index in [1.165, 1.54) is 12.1 Å². The Morgan fingerprint density at radius 1 is 1.47 bits per heavy atom. The van der Waals surface area contributed by atoms with E-state index < -0.39 is 11.4 Å². The van der Waals surface area contributed by atoms with Crippen molar-refractivity contribution >= 4 is 5.97 Å². The van der Waals surface area contributed by atoms with Crippen LogP contribution in [0.25, 0.3) is 0 Å². The summed E-state index contributed by atoms with van der Waals surface area (Å²) < 4.78 is 13.0. The molecule has 1 N–H and O–H groups in total. The number of aliphatic carboxylic acids is 1. The van der Waals surface area contributed by atoms with Crippen LogP contribution in [0.15, 0.2) is 24.3 Å². The smallest absolute Gasteiger partial charge is 0.310 e. The number of carboxylic acid groups (broad SMARTS) is 1. The highest BCUT2D eigenvalue weighted by molar-refractivity contribution is 5.76. The Morgan fingerprint density at radius 3 is 2.74 bits per heavy atom. The quantitative estimate of drug-likeness (QED) is 0.859. The third-order valence-corrected chi connectivity index (χ3v) is 4.01. The van der Waals surface area contributed by atoms with Gasteiger partial charge in [0.2, 0.25) is 0 Å². The monoisotopic (exact) mass is 265 g/mol. The van der Waals surface area contributed by atoms with Crippen molar-refractivity contribution in [2.45, 2.75) is 25.7 Å². The van der Waals surface area contributed by atoms with E-state index in [-0.39, 0.29) is 5.82 Å². The highest BCUT2D eigenvalue weighted by Gasteiger charge is 2.44. The first-order valence-corrected chi connectivity index (χ1v) is 6.68. The zero-order valence-electron chi connectivity index (χ0n) is 11.2. The summed E-state index contributed by atoms with van der Waals surface area (Å²) in [6.45, 7) is 1.33. The van der Waals surface area contributed by atoms with Gasteiger partial charge in [-0.05, 0) is 44.0 Å². The maximum Gasteiger partial charge on any atom is 0.310 e. The Balaban J connectivity index is 1.85. The molecule has 1 aliphatic carbocycles. The number of carbonyl (C=O) groups is 1. The minimum absolute atomic E-state index is 0.221. The van der Waals surface area contributed by atoms with Crippen LogP contribution in [-0.4, -0.2) is 36.1 Å². The Hall–Kier alpha value is -1.42. The fourth-order valence-corrected chi connectivity index (χ4v) is 2.65. The highest BCUT2D eigenvalue weighted by atomic mass is 19.1. The third-order valence-electron chi connectivity index (χ3n) is 4.01. The molecule has 0 unspecified atom stereocenters. The van der Waals surface area contributed by atoms with Crippen molar-refractivity contribution < 1.29 is 14.3 Å². The van der Waals surface area contributed by atoms with Crippen LogP contribution in [0.3, 0.4) is 0 Å². The molecule has 4 heteroatoms. The topological polar surface area (TPSA) is 40.5 Å². The van der Waals surface area contributed by atoms with Crippen LogP contribution in [-0.2, 0) is 11.2 Å². The number of likely N-dealkylation sites (N-methyl/N-ethyl adjacent to an activating group) is 1. The molecule has 0 radical (unpaired) electrons. The number of halogens is 1.